The molecule has 1 saturated carbocycles. The monoisotopic (exact) mass is 480 g/mol. The van der Waals surface area contributed by atoms with Gasteiger partial charge in [0.1, 0.15) is 11.9 Å². The second kappa shape index (κ2) is 8.55. The first-order chi connectivity index (χ1) is 15.9. The quantitative estimate of drug-likeness (QED) is 0.338. The highest BCUT2D eigenvalue weighted by Crippen LogP contribution is 2.36. The summed E-state index contributed by atoms with van der Waals surface area (Å²) in [6.07, 6.45) is 7.49. The topological polar surface area (TPSA) is 137 Å². The van der Waals surface area contributed by atoms with E-state index in [9.17, 15) is 8.42 Å². The number of sulfone groups is 1. The van der Waals surface area contributed by atoms with E-state index >= 15 is 0 Å². The minimum Gasteiger partial charge on any atom is -0.443 e. The number of anilines is 1. The lowest BCUT2D eigenvalue weighted by Crippen LogP contribution is -2.45. The molecule has 33 heavy (non-hydrogen) atoms. The molecule has 1 fully saturated rings. The number of oxazole rings is 1. The Labute approximate surface area is 194 Å². The average molecular weight is 481 g/mol. The zero-order valence-electron chi connectivity index (χ0n) is 17.6. The Balaban J connectivity index is 1.30. The van der Waals surface area contributed by atoms with Crippen LogP contribution in [0.4, 0.5) is 5.69 Å². The summed E-state index contributed by atoms with van der Waals surface area (Å²) >= 11 is 1.53. The second-order valence-corrected chi connectivity index (χ2v) is 10.8. The summed E-state index contributed by atoms with van der Waals surface area (Å²) in [7, 11) is -3.47. The van der Waals surface area contributed by atoms with E-state index in [2.05, 4.69) is 31.1 Å². The van der Waals surface area contributed by atoms with Crippen molar-refractivity contribution in [3.8, 4) is 17.5 Å². The van der Waals surface area contributed by atoms with Crippen molar-refractivity contribution in [3.63, 3.8) is 0 Å². The van der Waals surface area contributed by atoms with Gasteiger partial charge in [0, 0.05) is 41.0 Å². The zero-order chi connectivity index (χ0) is 23.0. The lowest BCUT2D eigenvalue weighted by molar-refractivity contribution is 0.355. The van der Waals surface area contributed by atoms with Gasteiger partial charge in [0.25, 0.3) is 0 Å². The Kier molecular flexibility index (Phi) is 5.57. The SMILES string of the molecule is CS(=O)(=O)c1coc(-c2cnc3[nH]ccc3c2N[C@H]2C[C@@H](NSc3cccc(C#N)c3)C2)n1. The molecule has 168 valence electrons. The number of nitriles is 1. The number of aromatic nitrogens is 3. The molecule has 0 amide bonds. The van der Waals surface area contributed by atoms with E-state index in [4.69, 9.17) is 9.68 Å². The maximum Gasteiger partial charge on any atom is 0.230 e. The van der Waals surface area contributed by atoms with Crippen molar-refractivity contribution in [3.05, 3.63) is 54.6 Å². The zero-order valence-corrected chi connectivity index (χ0v) is 19.2. The minimum absolute atomic E-state index is 0.108. The van der Waals surface area contributed by atoms with E-state index in [1.807, 2.05) is 24.3 Å². The number of fused-ring (bicyclic) bond motifs is 1. The van der Waals surface area contributed by atoms with Gasteiger partial charge < -0.3 is 14.7 Å². The third kappa shape index (κ3) is 4.45. The lowest BCUT2D eigenvalue weighted by Gasteiger charge is -2.37. The first-order valence-electron chi connectivity index (χ1n) is 10.2. The fourth-order valence-electron chi connectivity index (χ4n) is 3.70. The van der Waals surface area contributed by atoms with Crippen LogP contribution in [0.2, 0.25) is 0 Å². The molecule has 3 N–H and O–H groups in total. The smallest absolute Gasteiger partial charge is 0.230 e. The van der Waals surface area contributed by atoms with Gasteiger partial charge in [-0.05, 0) is 49.1 Å². The molecule has 0 unspecified atom stereocenters. The molecule has 0 bridgehead atoms. The van der Waals surface area contributed by atoms with Gasteiger partial charge in [-0.2, -0.15) is 10.2 Å². The lowest BCUT2D eigenvalue weighted by atomic mass is 9.87. The van der Waals surface area contributed by atoms with Crippen molar-refractivity contribution in [2.45, 2.75) is 34.8 Å². The van der Waals surface area contributed by atoms with Crippen LogP contribution >= 0.6 is 11.9 Å². The molecule has 3 heterocycles. The van der Waals surface area contributed by atoms with Crippen LogP contribution in [-0.2, 0) is 9.84 Å². The maximum atomic E-state index is 11.8. The highest BCUT2D eigenvalue weighted by molar-refractivity contribution is 7.97. The van der Waals surface area contributed by atoms with E-state index in [1.54, 1.807) is 18.5 Å². The molecule has 4 aromatic rings. The number of H-pyrrole nitrogens is 1. The normalized spacial score (nSPS) is 18.1. The number of hydrogen-bond acceptors (Lipinski definition) is 9. The molecule has 5 rings (SSSR count). The highest BCUT2D eigenvalue weighted by atomic mass is 32.2. The third-order valence-electron chi connectivity index (χ3n) is 5.47. The first-order valence-corrected chi connectivity index (χ1v) is 12.9. The van der Waals surface area contributed by atoms with Crippen molar-refractivity contribution in [1.29, 1.82) is 5.26 Å². The highest BCUT2D eigenvalue weighted by Gasteiger charge is 2.31. The average Bonchev–Trinajstić information content (AvgIpc) is 3.45. The van der Waals surface area contributed by atoms with E-state index < -0.39 is 9.84 Å². The van der Waals surface area contributed by atoms with Crippen molar-refractivity contribution in [2.24, 2.45) is 0 Å². The number of pyridine rings is 1. The van der Waals surface area contributed by atoms with Crippen LogP contribution in [0.5, 0.6) is 0 Å². The van der Waals surface area contributed by atoms with Crippen LogP contribution in [-0.4, -0.2) is 41.7 Å². The summed E-state index contributed by atoms with van der Waals surface area (Å²) in [6.45, 7) is 0. The summed E-state index contributed by atoms with van der Waals surface area (Å²) in [6, 6.07) is 12.1. The molecule has 1 aromatic carbocycles. The molecule has 1 aliphatic rings. The van der Waals surface area contributed by atoms with E-state index in [-0.39, 0.29) is 17.0 Å². The summed E-state index contributed by atoms with van der Waals surface area (Å²) in [4.78, 5) is 12.7. The van der Waals surface area contributed by atoms with Crippen LogP contribution in [0.25, 0.3) is 22.5 Å². The predicted molar refractivity (Wildman–Crippen MR) is 125 cm³/mol. The van der Waals surface area contributed by atoms with Crippen molar-refractivity contribution >= 4 is 38.5 Å². The number of aromatic amines is 1. The number of rotatable bonds is 7. The van der Waals surface area contributed by atoms with Crippen LogP contribution in [0, 0.1) is 11.3 Å². The van der Waals surface area contributed by atoms with Crippen LogP contribution in [0.3, 0.4) is 0 Å². The van der Waals surface area contributed by atoms with Gasteiger partial charge in [-0.15, -0.1) is 0 Å². The van der Waals surface area contributed by atoms with Crippen molar-refractivity contribution in [2.75, 3.05) is 11.6 Å². The second-order valence-electron chi connectivity index (χ2n) is 7.92. The Morgan fingerprint density at radius 2 is 2.12 bits per heavy atom. The molecule has 0 aliphatic heterocycles. The van der Waals surface area contributed by atoms with Crippen LogP contribution in [0.1, 0.15) is 18.4 Å². The molecular formula is C22H20N6O3S2. The molecule has 0 saturated heterocycles. The standard InChI is InChI=1S/C22H20N6O3S2/c1-33(29,30)19-12-31-22(27-19)18-11-25-21-17(5-6-24-21)20(18)26-14-8-15(9-14)28-32-16-4-2-3-13(7-16)10-23/h2-7,11-12,14-15,28H,8-9H2,1H3,(H2,24,25,26)/t14-,15+. The number of nitrogens with zero attached hydrogens (tertiary/aromatic N) is 3. The van der Waals surface area contributed by atoms with Gasteiger partial charge in [0.15, 0.2) is 14.9 Å². The summed E-state index contributed by atoms with van der Waals surface area (Å²) < 4.78 is 32.6. The minimum atomic E-state index is -3.47. The summed E-state index contributed by atoms with van der Waals surface area (Å²) in [5, 5.41) is 13.4. The molecular weight excluding hydrogens is 460 g/mol. The van der Waals surface area contributed by atoms with Gasteiger partial charge in [0.05, 0.1) is 22.9 Å². The maximum absolute atomic E-state index is 11.8. The molecule has 0 radical (unpaired) electrons. The summed E-state index contributed by atoms with van der Waals surface area (Å²) in [5.41, 5.74) is 2.77. The van der Waals surface area contributed by atoms with E-state index in [0.717, 1.165) is 47.0 Å². The molecule has 9 nitrogen and oxygen atoms in total. The van der Waals surface area contributed by atoms with Crippen molar-refractivity contribution in [1.82, 2.24) is 19.7 Å². The van der Waals surface area contributed by atoms with Gasteiger partial charge in [-0.3, -0.25) is 4.72 Å². The Morgan fingerprint density at radius 3 is 2.88 bits per heavy atom. The van der Waals surface area contributed by atoms with Gasteiger partial charge >= 0.3 is 0 Å². The Morgan fingerprint density at radius 1 is 1.27 bits per heavy atom. The Hall–Kier alpha value is -3.33. The predicted octanol–water partition coefficient (Wildman–Crippen LogP) is 3.73. The number of hydrogen-bond donors (Lipinski definition) is 3. The van der Waals surface area contributed by atoms with Gasteiger partial charge in [-0.25, -0.2) is 13.4 Å². The Bertz CT molecular complexity index is 1460. The van der Waals surface area contributed by atoms with E-state index in [0.29, 0.717) is 17.2 Å². The van der Waals surface area contributed by atoms with Gasteiger partial charge in [-0.1, -0.05) is 6.07 Å². The van der Waals surface area contributed by atoms with Gasteiger partial charge in [0.2, 0.25) is 5.89 Å². The number of nitrogens with one attached hydrogen (secondary N) is 3. The largest absolute Gasteiger partial charge is 0.443 e. The fraction of sp³-hybridized carbons (Fsp3) is 0.227. The fourth-order valence-corrected chi connectivity index (χ4v) is 4.99. The molecule has 0 atom stereocenters. The van der Waals surface area contributed by atoms with Crippen LogP contribution < -0.4 is 10.0 Å². The first kappa shape index (κ1) is 21.5. The number of benzene rings is 1. The summed E-state index contributed by atoms with van der Waals surface area (Å²) in [5.74, 6) is 0.204. The third-order valence-corrected chi connectivity index (χ3v) is 7.36. The molecule has 11 heteroatoms. The molecule has 3 aromatic heterocycles. The molecule has 0 spiro atoms. The van der Waals surface area contributed by atoms with Crippen LogP contribution in [0.15, 0.2) is 63.3 Å². The van der Waals surface area contributed by atoms with Crippen molar-refractivity contribution < 1.29 is 12.8 Å². The van der Waals surface area contributed by atoms with E-state index in [1.165, 1.54) is 11.9 Å². The molecule has 1 aliphatic carbocycles.